The van der Waals surface area contributed by atoms with E-state index in [4.69, 9.17) is 0 Å². The molecule has 5 heteroatoms. The molecule has 0 radical (unpaired) electrons. The van der Waals surface area contributed by atoms with Crippen molar-refractivity contribution in [2.24, 2.45) is 0 Å². The Hall–Kier alpha value is -6.66. The lowest BCUT2D eigenvalue weighted by atomic mass is 9.43. The van der Waals surface area contributed by atoms with Gasteiger partial charge in [0.15, 0.2) is 0 Å². The molecule has 0 fully saturated rings. The fourth-order valence-corrected chi connectivity index (χ4v) is 12.2. The van der Waals surface area contributed by atoms with Crippen LogP contribution in [0.3, 0.4) is 0 Å². The molecule has 9 aromatic carbocycles. The van der Waals surface area contributed by atoms with E-state index in [-0.39, 0.29) is 6.85 Å². The zero-order valence-corrected chi connectivity index (χ0v) is 33.2. The predicted molar refractivity (Wildman–Crippen MR) is 254 cm³/mol. The van der Waals surface area contributed by atoms with Crippen LogP contribution in [0.5, 0.6) is 0 Å². The van der Waals surface area contributed by atoms with Crippen molar-refractivity contribution in [2.45, 2.75) is 6.92 Å². The van der Waals surface area contributed by atoms with Gasteiger partial charge in [-0.1, -0.05) is 127 Å². The number of anilines is 5. The average Bonchev–Trinajstić information content (AvgIpc) is 3.83. The van der Waals surface area contributed by atoms with Crippen LogP contribution in [-0.2, 0) is 0 Å². The summed E-state index contributed by atoms with van der Waals surface area (Å²) >= 11 is 3.78. The lowest BCUT2D eigenvalue weighted by Gasteiger charge is -2.46. The summed E-state index contributed by atoms with van der Waals surface area (Å²) in [6.07, 6.45) is 0. The molecule has 0 bridgehead atoms. The molecule has 0 unspecified atom stereocenters. The lowest BCUT2D eigenvalue weighted by Crippen LogP contribution is -2.61. The quantitative estimate of drug-likeness (QED) is 0.165. The number of aryl methyl sites for hydroxylation is 1. The van der Waals surface area contributed by atoms with Crippen molar-refractivity contribution in [3.05, 3.63) is 188 Å². The van der Waals surface area contributed by atoms with Crippen molar-refractivity contribution in [3.8, 4) is 22.3 Å². The highest BCUT2D eigenvalue weighted by Crippen LogP contribution is 2.51. The summed E-state index contributed by atoms with van der Waals surface area (Å²) in [6, 6.07) is 68.3. The normalized spacial score (nSPS) is 13.2. The van der Waals surface area contributed by atoms with Gasteiger partial charge in [-0.25, -0.2) is 0 Å². The minimum atomic E-state index is -0.0655. The maximum atomic E-state index is 2.64. The van der Waals surface area contributed by atoms with Gasteiger partial charge in [-0.05, 0) is 105 Å². The van der Waals surface area contributed by atoms with Gasteiger partial charge in [-0.2, -0.15) is 0 Å². The molecule has 0 atom stereocenters. The Labute approximate surface area is 344 Å². The number of rotatable bonds is 3. The van der Waals surface area contributed by atoms with Gasteiger partial charge in [0, 0.05) is 74.3 Å². The third kappa shape index (κ3) is 4.60. The maximum Gasteiger partial charge on any atom is 0.333 e. The van der Waals surface area contributed by atoms with Crippen LogP contribution >= 0.6 is 22.7 Å². The van der Waals surface area contributed by atoms with E-state index in [0.717, 1.165) is 0 Å². The molecule has 0 aliphatic carbocycles. The molecular formula is C53H33BN2S2. The molecule has 2 aromatic heterocycles. The average molecular weight is 773 g/mol. The van der Waals surface area contributed by atoms with Gasteiger partial charge in [0.2, 0.25) is 0 Å². The van der Waals surface area contributed by atoms with Crippen molar-refractivity contribution in [1.29, 1.82) is 0 Å². The molecule has 11 aromatic rings. The Balaban J connectivity index is 1.14. The first-order valence-electron chi connectivity index (χ1n) is 19.9. The van der Waals surface area contributed by atoms with Crippen molar-refractivity contribution >= 4 is 120 Å². The van der Waals surface area contributed by atoms with Crippen LogP contribution in [0.15, 0.2) is 182 Å². The third-order valence-electron chi connectivity index (χ3n) is 12.4. The standard InChI is InChI=1S/C53H33BN2S2/c1-32-27-43-52-38-14-6-5-13-35(38)21-26-45(52)56(36-22-19-34(20-23-36)33-11-3-2-4-12-33)54-44-30-42-40-16-8-10-18-49(40)58-51(42)31-46(44)55(47(28-32)53(43)54)37-24-25-41-39-15-7-9-17-48(39)57-50(41)29-37/h2-31H,1H3. The van der Waals surface area contributed by atoms with Gasteiger partial charge >= 0.3 is 6.85 Å². The van der Waals surface area contributed by atoms with Gasteiger partial charge in [-0.3, -0.25) is 0 Å². The Morgan fingerprint density at radius 2 is 1.07 bits per heavy atom. The second kappa shape index (κ2) is 12.2. The van der Waals surface area contributed by atoms with E-state index in [2.05, 4.69) is 199 Å². The van der Waals surface area contributed by atoms with Gasteiger partial charge in [0.1, 0.15) is 0 Å². The van der Waals surface area contributed by atoms with Crippen molar-refractivity contribution in [1.82, 2.24) is 0 Å². The highest BCUT2D eigenvalue weighted by atomic mass is 32.1. The molecule has 2 nitrogen and oxygen atoms in total. The predicted octanol–water partition coefficient (Wildman–Crippen LogP) is 14.3. The number of benzene rings is 9. The summed E-state index contributed by atoms with van der Waals surface area (Å²) in [5.41, 5.74) is 15.1. The van der Waals surface area contributed by atoms with Crippen LogP contribution < -0.4 is 20.6 Å². The van der Waals surface area contributed by atoms with E-state index < -0.39 is 0 Å². The van der Waals surface area contributed by atoms with Crippen LogP contribution in [0, 0.1) is 6.92 Å². The molecule has 13 rings (SSSR count). The molecule has 0 saturated carbocycles. The monoisotopic (exact) mass is 772 g/mol. The van der Waals surface area contributed by atoms with Gasteiger partial charge in [0.25, 0.3) is 0 Å². The first kappa shape index (κ1) is 32.4. The second-order valence-corrected chi connectivity index (χ2v) is 17.9. The summed E-state index contributed by atoms with van der Waals surface area (Å²) in [5.74, 6) is 0. The van der Waals surface area contributed by atoms with Crippen LogP contribution in [-0.4, -0.2) is 6.85 Å². The molecule has 0 N–H and O–H groups in total. The largest absolute Gasteiger partial charge is 0.376 e. The molecule has 0 saturated heterocycles. The zero-order chi connectivity index (χ0) is 38.1. The van der Waals surface area contributed by atoms with Crippen LogP contribution in [0.25, 0.3) is 73.4 Å². The summed E-state index contributed by atoms with van der Waals surface area (Å²) < 4.78 is 5.26. The molecule has 270 valence electrons. The van der Waals surface area contributed by atoms with Crippen LogP contribution in [0.1, 0.15) is 5.56 Å². The summed E-state index contributed by atoms with van der Waals surface area (Å²) in [5, 5.41) is 7.81. The highest BCUT2D eigenvalue weighted by molar-refractivity contribution is 7.26. The third-order valence-corrected chi connectivity index (χ3v) is 14.7. The fourth-order valence-electron chi connectivity index (χ4n) is 9.95. The smallest absolute Gasteiger partial charge is 0.333 e. The molecule has 58 heavy (non-hydrogen) atoms. The highest BCUT2D eigenvalue weighted by Gasteiger charge is 2.46. The van der Waals surface area contributed by atoms with Crippen molar-refractivity contribution in [2.75, 3.05) is 9.71 Å². The molecule has 0 amide bonds. The van der Waals surface area contributed by atoms with E-state index in [1.54, 1.807) is 0 Å². The minimum Gasteiger partial charge on any atom is -0.376 e. The molecule has 0 spiro atoms. The number of hydrogen-bond acceptors (Lipinski definition) is 4. The molecule has 2 aliphatic heterocycles. The Morgan fingerprint density at radius 3 is 1.86 bits per heavy atom. The van der Waals surface area contributed by atoms with E-state index in [0.29, 0.717) is 0 Å². The Kier molecular flexibility index (Phi) is 6.81. The lowest BCUT2D eigenvalue weighted by molar-refractivity contribution is 1.27. The van der Waals surface area contributed by atoms with Gasteiger partial charge in [-0.15, -0.1) is 22.7 Å². The van der Waals surface area contributed by atoms with Crippen LogP contribution in [0.2, 0.25) is 0 Å². The topological polar surface area (TPSA) is 6.48 Å². The van der Waals surface area contributed by atoms with E-state index in [1.165, 1.54) is 118 Å². The molecule has 2 aliphatic rings. The summed E-state index contributed by atoms with van der Waals surface area (Å²) in [6.45, 7) is 2.20. The van der Waals surface area contributed by atoms with Crippen molar-refractivity contribution < 1.29 is 0 Å². The van der Waals surface area contributed by atoms with Gasteiger partial charge in [0.05, 0.1) is 0 Å². The maximum absolute atomic E-state index is 2.64. The number of thiophene rings is 2. The first-order valence-corrected chi connectivity index (χ1v) is 21.6. The van der Waals surface area contributed by atoms with Crippen molar-refractivity contribution in [3.63, 3.8) is 0 Å². The number of hydrogen-bond donors (Lipinski definition) is 0. The van der Waals surface area contributed by atoms with E-state index in [1.807, 2.05) is 22.7 Å². The Bertz CT molecular complexity index is 3490. The molecule has 4 heterocycles. The SMILES string of the molecule is Cc1cc2c3c(c1)N(c1ccc4c(c1)sc1ccccc14)c1cc4sc5ccccc5c4cc1B3N(c1ccc(-c3ccccc3)cc1)c1ccc3ccccc3c1-2. The van der Waals surface area contributed by atoms with Crippen LogP contribution in [0.4, 0.5) is 28.4 Å². The molecular weight excluding hydrogens is 740 g/mol. The van der Waals surface area contributed by atoms with Gasteiger partial charge < -0.3 is 9.71 Å². The summed E-state index contributed by atoms with van der Waals surface area (Å²) in [4.78, 5) is 5.22. The minimum absolute atomic E-state index is 0.0655. The fraction of sp³-hybridized carbons (Fsp3) is 0.0189. The Morgan fingerprint density at radius 1 is 0.431 bits per heavy atom. The first-order chi connectivity index (χ1) is 28.7. The number of nitrogens with zero attached hydrogens (tertiary/aromatic N) is 2. The summed E-state index contributed by atoms with van der Waals surface area (Å²) in [7, 11) is 0. The second-order valence-electron chi connectivity index (χ2n) is 15.7. The van der Waals surface area contributed by atoms with E-state index in [9.17, 15) is 0 Å². The number of fused-ring (bicyclic) bond motifs is 12. The van der Waals surface area contributed by atoms with E-state index >= 15 is 0 Å². The zero-order valence-electron chi connectivity index (χ0n) is 31.6.